The summed E-state index contributed by atoms with van der Waals surface area (Å²) in [4.78, 5) is 35.6. The minimum absolute atomic E-state index is 0.184. The SMILES string of the molecule is Cc1cc(Oc2ccc(/C=C3\SC(=O)N(CC(=O)O)C3=O)cc2)cc(C)c1Cl. The van der Waals surface area contributed by atoms with Crippen LogP contribution >= 0.6 is 23.4 Å². The van der Waals surface area contributed by atoms with Gasteiger partial charge in [-0.2, -0.15) is 0 Å². The van der Waals surface area contributed by atoms with Gasteiger partial charge in [0.25, 0.3) is 11.1 Å². The fourth-order valence-electron chi connectivity index (χ4n) is 2.66. The zero-order valence-corrected chi connectivity index (χ0v) is 16.6. The van der Waals surface area contributed by atoms with Gasteiger partial charge in [0.05, 0.1) is 4.91 Å². The Morgan fingerprint density at radius 2 is 1.75 bits per heavy atom. The van der Waals surface area contributed by atoms with Gasteiger partial charge in [0, 0.05) is 5.02 Å². The largest absolute Gasteiger partial charge is 0.480 e. The Morgan fingerprint density at radius 1 is 1.14 bits per heavy atom. The first-order valence-corrected chi connectivity index (χ1v) is 9.46. The van der Waals surface area contributed by atoms with Gasteiger partial charge in [-0.25, -0.2) is 0 Å². The zero-order valence-electron chi connectivity index (χ0n) is 15.1. The number of hydrogen-bond donors (Lipinski definition) is 1. The van der Waals surface area contributed by atoms with E-state index in [1.807, 2.05) is 26.0 Å². The van der Waals surface area contributed by atoms with E-state index in [2.05, 4.69) is 0 Å². The number of aliphatic carboxylic acids is 1. The van der Waals surface area contributed by atoms with Crippen LogP contribution < -0.4 is 4.74 Å². The summed E-state index contributed by atoms with van der Waals surface area (Å²) in [7, 11) is 0. The number of nitrogens with zero attached hydrogens (tertiary/aromatic N) is 1. The summed E-state index contributed by atoms with van der Waals surface area (Å²) in [6.45, 7) is 3.17. The maximum absolute atomic E-state index is 12.2. The standard InChI is InChI=1S/C20H16ClNO5S/c1-11-7-15(8-12(2)18(11)21)27-14-5-3-13(4-6-14)9-16-19(25)22(10-17(23)24)20(26)28-16/h3-9H,10H2,1-2H3,(H,23,24)/b16-9-. The van der Waals surface area contributed by atoms with Crippen LogP contribution in [-0.2, 0) is 9.59 Å². The van der Waals surface area contributed by atoms with Crippen molar-refractivity contribution >= 4 is 46.6 Å². The predicted molar refractivity (Wildman–Crippen MR) is 108 cm³/mol. The lowest BCUT2D eigenvalue weighted by Gasteiger charge is -2.10. The van der Waals surface area contributed by atoms with Crippen LogP contribution in [0.1, 0.15) is 16.7 Å². The predicted octanol–water partition coefficient (Wildman–Crippen LogP) is 4.87. The van der Waals surface area contributed by atoms with Crippen LogP contribution in [0, 0.1) is 13.8 Å². The van der Waals surface area contributed by atoms with Crippen LogP contribution in [0.4, 0.5) is 4.79 Å². The van der Waals surface area contributed by atoms with Gasteiger partial charge >= 0.3 is 5.97 Å². The average molecular weight is 418 g/mol. The van der Waals surface area contributed by atoms with Crippen molar-refractivity contribution in [2.75, 3.05) is 6.54 Å². The maximum Gasteiger partial charge on any atom is 0.323 e. The molecule has 0 atom stereocenters. The number of benzene rings is 2. The van der Waals surface area contributed by atoms with Crippen molar-refractivity contribution in [3.8, 4) is 11.5 Å². The number of carboxylic acids is 1. The monoisotopic (exact) mass is 417 g/mol. The molecule has 2 amide bonds. The molecule has 2 aromatic carbocycles. The van der Waals surface area contributed by atoms with Gasteiger partial charge in [-0.15, -0.1) is 0 Å². The van der Waals surface area contributed by atoms with Gasteiger partial charge in [0.15, 0.2) is 0 Å². The molecule has 0 radical (unpaired) electrons. The number of carboxylic acid groups (broad SMARTS) is 1. The molecule has 0 saturated carbocycles. The van der Waals surface area contributed by atoms with Gasteiger partial charge in [-0.3, -0.25) is 19.3 Å². The van der Waals surface area contributed by atoms with E-state index in [4.69, 9.17) is 21.4 Å². The highest BCUT2D eigenvalue weighted by Gasteiger charge is 2.36. The second-order valence-electron chi connectivity index (χ2n) is 6.20. The fourth-order valence-corrected chi connectivity index (χ4v) is 3.60. The van der Waals surface area contributed by atoms with E-state index in [1.165, 1.54) is 0 Å². The third-order valence-electron chi connectivity index (χ3n) is 3.99. The van der Waals surface area contributed by atoms with Crippen molar-refractivity contribution in [3.05, 3.63) is 63.0 Å². The molecule has 0 bridgehead atoms. The Kier molecular flexibility index (Phi) is 5.76. The van der Waals surface area contributed by atoms with Crippen LogP contribution in [0.5, 0.6) is 11.5 Å². The first-order valence-electron chi connectivity index (χ1n) is 8.26. The van der Waals surface area contributed by atoms with Crippen molar-refractivity contribution in [2.24, 2.45) is 0 Å². The number of hydrogen-bond acceptors (Lipinski definition) is 5. The second-order valence-corrected chi connectivity index (χ2v) is 7.57. The number of imide groups is 1. The summed E-state index contributed by atoms with van der Waals surface area (Å²) in [5.74, 6) is -0.568. The number of thioether (sulfide) groups is 1. The zero-order chi connectivity index (χ0) is 20.4. The number of rotatable bonds is 5. The summed E-state index contributed by atoms with van der Waals surface area (Å²) < 4.78 is 5.84. The first kappa shape index (κ1) is 20.0. The molecule has 0 aromatic heterocycles. The molecule has 0 unspecified atom stereocenters. The fraction of sp³-hybridized carbons (Fsp3) is 0.150. The van der Waals surface area contributed by atoms with Crippen LogP contribution in [0.25, 0.3) is 6.08 Å². The normalized spacial score (nSPS) is 15.4. The van der Waals surface area contributed by atoms with E-state index in [0.29, 0.717) is 27.0 Å². The summed E-state index contributed by atoms with van der Waals surface area (Å²) in [6, 6.07) is 10.7. The van der Waals surface area contributed by atoms with E-state index in [0.717, 1.165) is 22.9 Å². The number of halogens is 1. The van der Waals surface area contributed by atoms with Crippen molar-refractivity contribution < 1.29 is 24.2 Å². The van der Waals surface area contributed by atoms with Gasteiger partial charge in [0.1, 0.15) is 18.0 Å². The number of carbonyl (C=O) groups excluding carboxylic acids is 2. The topological polar surface area (TPSA) is 83.9 Å². The summed E-state index contributed by atoms with van der Waals surface area (Å²) in [5, 5.41) is 8.91. The number of amides is 2. The molecule has 8 heteroatoms. The van der Waals surface area contributed by atoms with Crippen LogP contribution in [0.15, 0.2) is 41.3 Å². The minimum atomic E-state index is -1.24. The molecule has 3 rings (SSSR count). The molecule has 1 heterocycles. The third-order valence-corrected chi connectivity index (χ3v) is 5.49. The molecule has 1 N–H and O–H groups in total. The summed E-state index contributed by atoms with van der Waals surface area (Å²) in [5.41, 5.74) is 2.53. The molecule has 2 aromatic rings. The maximum atomic E-state index is 12.2. The van der Waals surface area contributed by atoms with E-state index in [-0.39, 0.29) is 4.91 Å². The van der Waals surface area contributed by atoms with Crippen molar-refractivity contribution in [3.63, 3.8) is 0 Å². The van der Waals surface area contributed by atoms with Crippen LogP contribution in [0.2, 0.25) is 5.02 Å². The van der Waals surface area contributed by atoms with E-state index in [9.17, 15) is 14.4 Å². The Bertz CT molecular complexity index is 977. The van der Waals surface area contributed by atoms with Crippen LogP contribution in [0.3, 0.4) is 0 Å². The molecule has 144 valence electrons. The van der Waals surface area contributed by atoms with E-state index < -0.39 is 23.7 Å². The molecule has 6 nitrogen and oxygen atoms in total. The Balaban J connectivity index is 1.74. The van der Waals surface area contributed by atoms with Crippen molar-refractivity contribution in [1.29, 1.82) is 0 Å². The molecule has 0 aliphatic carbocycles. The lowest BCUT2D eigenvalue weighted by molar-refractivity contribution is -0.140. The molecular formula is C20H16ClNO5S. The Labute approximate surface area is 170 Å². The second kappa shape index (κ2) is 8.08. The van der Waals surface area contributed by atoms with Gasteiger partial charge in [0.2, 0.25) is 0 Å². The van der Waals surface area contributed by atoms with Gasteiger partial charge < -0.3 is 9.84 Å². The number of aryl methyl sites for hydroxylation is 2. The molecule has 1 saturated heterocycles. The van der Waals surface area contributed by atoms with Crippen LogP contribution in [-0.4, -0.2) is 33.7 Å². The van der Waals surface area contributed by atoms with Crippen molar-refractivity contribution in [2.45, 2.75) is 13.8 Å². The Hall–Kier alpha value is -2.77. The molecular weight excluding hydrogens is 402 g/mol. The highest BCUT2D eigenvalue weighted by Crippen LogP contribution is 2.33. The number of carbonyl (C=O) groups is 3. The molecule has 28 heavy (non-hydrogen) atoms. The lowest BCUT2D eigenvalue weighted by Crippen LogP contribution is -2.33. The molecule has 1 aliphatic rings. The smallest absolute Gasteiger partial charge is 0.323 e. The highest BCUT2D eigenvalue weighted by molar-refractivity contribution is 8.18. The molecule has 1 fully saturated rings. The lowest BCUT2D eigenvalue weighted by atomic mass is 10.1. The van der Waals surface area contributed by atoms with E-state index in [1.54, 1.807) is 30.3 Å². The van der Waals surface area contributed by atoms with E-state index >= 15 is 0 Å². The highest BCUT2D eigenvalue weighted by atomic mass is 35.5. The Morgan fingerprint density at radius 3 is 2.32 bits per heavy atom. The first-order chi connectivity index (χ1) is 13.2. The minimum Gasteiger partial charge on any atom is -0.480 e. The quantitative estimate of drug-likeness (QED) is 0.698. The number of ether oxygens (including phenoxy) is 1. The average Bonchev–Trinajstić information content (AvgIpc) is 2.88. The van der Waals surface area contributed by atoms with Gasteiger partial charge in [-0.1, -0.05) is 23.7 Å². The van der Waals surface area contributed by atoms with Crippen molar-refractivity contribution in [1.82, 2.24) is 4.90 Å². The third kappa shape index (κ3) is 4.37. The summed E-state index contributed by atoms with van der Waals surface area (Å²) >= 11 is 6.88. The molecule has 1 aliphatic heterocycles. The summed E-state index contributed by atoms with van der Waals surface area (Å²) in [6.07, 6.45) is 1.55. The van der Waals surface area contributed by atoms with Gasteiger partial charge in [-0.05, 0) is 72.6 Å². The molecule has 0 spiro atoms.